The minimum Gasteiger partial charge on any atom is -0.455 e. The van der Waals surface area contributed by atoms with Gasteiger partial charge in [0.2, 0.25) is 0 Å². The summed E-state index contributed by atoms with van der Waals surface area (Å²) in [6, 6.07) is 21.5. The molecule has 0 saturated carbocycles. The molecule has 0 spiro atoms. The molecule has 0 aliphatic carbocycles. The Bertz CT molecular complexity index is 1100. The van der Waals surface area contributed by atoms with E-state index in [1.54, 1.807) is 36.4 Å². The Kier molecular flexibility index (Phi) is 6.53. The number of carbonyl (C=O) groups excluding carboxylic acids is 1. The van der Waals surface area contributed by atoms with Gasteiger partial charge in [-0.05, 0) is 55.8 Å². The second kappa shape index (κ2) is 9.49. The van der Waals surface area contributed by atoms with Crippen LogP contribution in [0.2, 0.25) is 0 Å². The largest absolute Gasteiger partial charge is 0.455 e. The number of hydrogen-bond acceptors (Lipinski definition) is 5. The second-order valence-corrected chi connectivity index (χ2v) is 9.71. The quantitative estimate of drug-likeness (QED) is 0.578. The topological polar surface area (TPSA) is 79.6 Å². The molecule has 31 heavy (non-hydrogen) atoms. The third-order valence-electron chi connectivity index (χ3n) is 5.54. The van der Waals surface area contributed by atoms with E-state index in [9.17, 15) is 13.2 Å². The van der Waals surface area contributed by atoms with E-state index in [1.165, 1.54) is 11.6 Å². The lowest BCUT2D eigenvalue weighted by atomic mass is 10.1. The minimum absolute atomic E-state index is 0.0977. The number of benzene rings is 2. The van der Waals surface area contributed by atoms with E-state index in [0.29, 0.717) is 6.54 Å². The van der Waals surface area contributed by atoms with Gasteiger partial charge in [0.1, 0.15) is 11.5 Å². The van der Waals surface area contributed by atoms with Gasteiger partial charge in [-0.25, -0.2) is 8.42 Å². The maximum absolute atomic E-state index is 12.7. The van der Waals surface area contributed by atoms with Crippen molar-refractivity contribution in [1.82, 2.24) is 10.2 Å². The number of sulfone groups is 1. The highest BCUT2D eigenvalue weighted by molar-refractivity contribution is 7.90. The van der Waals surface area contributed by atoms with Crippen molar-refractivity contribution in [3.8, 4) is 0 Å². The predicted molar refractivity (Wildman–Crippen MR) is 118 cm³/mol. The van der Waals surface area contributed by atoms with Crippen molar-refractivity contribution >= 4 is 15.7 Å². The summed E-state index contributed by atoms with van der Waals surface area (Å²) in [5, 5.41) is 2.96. The fourth-order valence-corrected chi connectivity index (χ4v) is 5.21. The van der Waals surface area contributed by atoms with E-state index in [0.717, 1.165) is 25.9 Å². The summed E-state index contributed by atoms with van der Waals surface area (Å²) >= 11 is 0. The lowest BCUT2D eigenvalue weighted by Crippen LogP contribution is -2.36. The highest BCUT2D eigenvalue weighted by Gasteiger charge is 2.25. The van der Waals surface area contributed by atoms with Crippen LogP contribution in [0.4, 0.5) is 0 Å². The highest BCUT2D eigenvalue weighted by Crippen LogP contribution is 2.25. The van der Waals surface area contributed by atoms with Gasteiger partial charge in [-0.15, -0.1) is 0 Å². The fraction of sp³-hybridized carbons (Fsp3) is 0.292. The summed E-state index contributed by atoms with van der Waals surface area (Å²) in [7, 11) is -3.53. The molecule has 1 aliphatic heterocycles. The zero-order chi connectivity index (χ0) is 21.7. The summed E-state index contributed by atoms with van der Waals surface area (Å²) in [4.78, 5) is 15.3. The lowest BCUT2D eigenvalue weighted by Gasteiger charge is -2.28. The summed E-state index contributed by atoms with van der Waals surface area (Å²) in [5.74, 6) is -0.270. The Morgan fingerprint density at radius 2 is 1.58 bits per heavy atom. The SMILES string of the molecule is O=C(NC[C@H](c1ccccc1)N1CCCC1)c1ccc(CS(=O)(=O)c2ccccc2)o1. The van der Waals surface area contributed by atoms with Gasteiger partial charge in [-0.3, -0.25) is 9.69 Å². The van der Waals surface area contributed by atoms with Crippen molar-refractivity contribution in [3.63, 3.8) is 0 Å². The van der Waals surface area contributed by atoms with Crippen molar-refractivity contribution < 1.29 is 17.6 Å². The fourth-order valence-electron chi connectivity index (χ4n) is 3.94. The molecule has 1 N–H and O–H groups in total. The molecule has 7 heteroatoms. The van der Waals surface area contributed by atoms with Gasteiger partial charge >= 0.3 is 0 Å². The number of nitrogens with one attached hydrogen (secondary N) is 1. The molecule has 6 nitrogen and oxygen atoms in total. The van der Waals surface area contributed by atoms with Crippen molar-refractivity contribution in [3.05, 3.63) is 89.9 Å². The first-order valence-electron chi connectivity index (χ1n) is 10.5. The number of hydrogen-bond donors (Lipinski definition) is 1. The Morgan fingerprint density at radius 1 is 0.935 bits per heavy atom. The van der Waals surface area contributed by atoms with E-state index in [2.05, 4.69) is 22.3 Å². The van der Waals surface area contributed by atoms with Crippen molar-refractivity contribution in [2.45, 2.75) is 29.5 Å². The molecule has 1 atom stereocenters. The van der Waals surface area contributed by atoms with Gasteiger partial charge in [0.15, 0.2) is 15.6 Å². The summed E-state index contributed by atoms with van der Waals surface area (Å²) in [5.41, 5.74) is 1.17. The maximum Gasteiger partial charge on any atom is 0.287 e. The first-order valence-corrected chi connectivity index (χ1v) is 12.1. The normalized spacial score (nSPS) is 15.6. The zero-order valence-corrected chi connectivity index (χ0v) is 18.1. The average Bonchev–Trinajstić information content (AvgIpc) is 3.48. The molecule has 2 heterocycles. The standard InChI is InChI=1S/C24H26N2O4S/c27-24(25-17-22(26-15-7-8-16-26)19-9-3-1-4-10-19)23-14-13-20(30-23)18-31(28,29)21-11-5-2-6-12-21/h1-6,9-14,22H,7-8,15-18H2,(H,25,27)/t22-/m1/s1. The summed E-state index contributed by atoms with van der Waals surface area (Å²) in [6.07, 6.45) is 2.32. The second-order valence-electron chi connectivity index (χ2n) is 7.72. The molecule has 0 unspecified atom stereocenters. The van der Waals surface area contributed by atoms with Gasteiger partial charge in [0, 0.05) is 6.54 Å². The van der Waals surface area contributed by atoms with Crippen molar-refractivity contribution in [1.29, 1.82) is 0 Å². The Morgan fingerprint density at radius 3 is 2.26 bits per heavy atom. The molecular formula is C24H26N2O4S. The van der Waals surface area contributed by atoms with E-state index >= 15 is 0 Å². The van der Waals surface area contributed by atoms with Gasteiger partial charge in [0.25, 0.3) is 5.91 Å². The number of likely N-dealkylation sites (tertiary alicyclic amines) is 1. The summed E-state index contributed by atoms with van der Waals surface area (Å²) in [6.45, 7) is 2.48. The van der Waals surface area contributed by atoms with Crippen molar-refractivity contribution in [2.75, 3.05) is 19.6 Å². The molecule has 0 radical (unpaired) electrons. The van der Waals surface area contributed by atoms with Gasteiger partial charge in [-0.1, -0.05) is 48.5 Å². The van der Waals surface area contributed by atoms with E-state index in [-0.39, 0.29) is 34.1 Å². The average molecular weight is 439 g/mol. The van der Waals surface area contributed by atoms with Crippen LogP contribution in [-0.2, 0) is 15.6 Å². The van der Waals surface area contributed by atoms with E-state index in [1.807, 2.05) is 18.2 Å². The number of carbonyl (C=O) groups is 1. The predicted octanol–water partition coefficient (Wildman–Crippen LogP) is 3.82. The van der Waals surface area contributed by atoms with Crippen LogP contribution >= 0.6 is 0 Å². The lowest BCUT2D eigenvalue weighted by molar-refractivity contribution is 0.0908. The molecule has 3 aromatic rings. The van der Waals surface area contributed by atoms with Gasteiger partial charge in [-0.2, -0.15) is 0 Å². The molecule has 1 saturated heterocycles. The molecule has 1 amide bonds. The molecule has 162 valence electrons. The Hall–Kier alpha value is -2.90. The molecule has 1 aliphatic rings. The first-order chi connectivity index (χ1) is 15.0. The third kappa shape index (κ3) is 5.24. The number of furan rings is 1. The van der Waals surface area contributed by atoms with Crippen LogP contribution in [0.3, 0.4) is 0 Å². The van der Waals surface area contributed by atoms with Crippen LogP contribution in [0.15, 0.2) is 82.1 Å². The Labute approximate surface area is 182 Å². The molecule has 1 fully saturated rings. The number of rotatable bonds is 8. The highest BCUT2D eigenvalue weighted by atomic mass is 32.2. The van der Waals surface area contributed by atoms with Crippen LogP contribution in [0, 0.1) is 0 Å². The minimum atomic E-state index is -3.53. The van der Waals surface area contributed by atoms with Crippen LogP contribution < -0.4 is 5.32 Å². The van der Waals surface area contributed by atoms with Crippen LogP contribution in [0.1, 0.15) is 40.8 Å². The van der Waals surface area contributed by atoms with Gasteiger partial charge < -0.3 is 9.73 Å². The maximum atomic E-state index is 12.7. The van der Waals surface area contributed by atoms with Crippen LogP contribution in [0.25, 0.3) is 0 Å². The molecule has 4 rings (SSSR count). The van der Waals surface area contributed by atoms with E-state index < -0.39 is 9.84 Å². The monoisotopic (exact) mass is 438 g/mol. The van der Waals surface area contributed by atoms with Crippen LogP contribution in [-0.4, -0.2) is 38.9 Å². The van der Waals surface area contributed by atoms with Crippen LogP contribution in [0.5, 0.6) is 0 Å². The summed E-state index contributed by atoms with van der Waals surface area (Å²) < 4.78 is 30.6. The first kappa shape index (κ1) is 21.3. The number of nitrogens with zero attached hydrogens (tertiary/aromatic N) is 1. The molecule has 0 bridgehead atoms. The smallest absolute Gasteiger partial charge is 0.287 e. The molecule has 1 aromatic heterocycles. The van der Waals surface area contributed by atoms with Crippen molar-refractivity contribution in [2.24, 2.45) is 0 Å². The van der Waals surface area contributed by atoms with E-state index in [4.69, 9.17) is 4.42 Å². The third-order valence-corrected chi connectivity index (χ3v) is 7.20. The Balaban J connectivity index is 1.41. The van der Waals surface area contributed by atoms with Gasteiger partial charge in [0.05, 0.1) is 10.9 Å². The number of amides is 1. The molecule has 2 aromatic carbocycles. The zero-order valence-electron chi connectivity index (χ0n) is 17.2. The molecular weight excluding hydrogens is 412 g/mol.